The third kappa shape index (κ3) is 1.76. The molecule has 7 atom stereocenters. The van der Waals surface area contributed by atoms with E-state index < -0.39 is 0 Å². The van der Waals surface area contributed by atoms with Crippen molar-refractivity contribution in [3.05, 3.63) is 29.3 Å². The molecular weight excluding hydrogens is 368 g/mol. The highest BCUT2D eigenvalue weighted by Crippen LogP contribution is 2.69. The molecule has 2 bridgehead atoms. The first kappa shape index (κ1) is 16.7. The number of fused-ring (bicyclic) bond motifs is 3. The van der Waals surface area contributed by atoms with Crippen LogP contribution in [0, 0.1) is 17.8 Å². The molecule has 29 heavy (non-hydrogen) atoms. The first-order valence-electron chi connectivity index (χ1n) is 10.8. The van der Waals surface area contributed by atoms with E-state index in [9.17, 15) is 4.79 Å². The first-order chi connectivity index (χ1) is 14.2. The SMILES string of the molecule is COc1cc2c(cc1OC)C13CCN4CC5=CCOC6CC(=O)N2C1C6C5C3C4. The summed E-state index contributed by atoms with van der Waals surface area (Å²) in [6.45, 7) is 3.93. The molecule has 1 aromatic rings. The maximum Gasteiger partial charge on any atom is 0.229 e. The molecule has 7 unspecified atom stereocenters. The molecule has 152 valence electrons. The lowest BCUT2D eigenvalue weighted by atomic mass is 9.63. The normalized spacial score (nSPS) is 42.9. The maximum absolute atomic E-state index is 13.4. The van der Waals surface area contributed by atoms with Crippen molar-refractivity contribution in [2.45, 2.75) is 30.4 Å². The van der Waals surface area contributed by atoms with Gasteiger partial charge in [-0.05, 0) is 36.4 Å². The Morgan fingerprint density at radius 3 is 2.86 bits per heavy atom. The number of anilines is 1. The highest BCUT2D eigenvalue weighted by molar-refractivity contribution is 6.00. The standard InChI is InChI=1S/C23H26N2O4/c1-27-16-7-13-15(8-17(16)28-2)25-19(26)9-18-21-20-12(3-6-29-18)10-24-5-4-23(13,22(21)25)14(20)11-24/h3,7-8,14,18,20-22H,4-6,9-11H2,1-2H3. The van der Waals surface area contributed by atoms with E-state index in [2.05, 4.69) is 21.9 Å². The minimum absolute atomic E-state index is 0.00470. The van der Waals surface area contributed by atoms with Gasteiger partial charge in [0, 0.05) is 30.5 Å². The van der Waals surface area contributed by atoms with Crippen LogP contribution in [0.1, 0.15) is 18.4 Å². The van der Waals surface area contributed by atoms with Gasteiger partial charge in [0.25, 0.3) is 0 Å². The van der Waals surface area contributed by atoms with Gasteiger partial charge in [-0.25, -0.2) is 0 Å². The Balaban J connectivity index is 1.53. The monoisotopic (exact) mass is 394 g/mol. The summed E-state index contributed by atoms with van der Waals surface area (Å²) in [4.78, 5) is 18.2. The van der Waals surface area contributed by atoms with E-state index in [1.54, 1.807) is 19.8 Å². The van der Waals surface area contributed by atoms with E-state index in [0.29, 0.717) is 36.5 Å². The van der Waals surface area contributed by atoms with Crippen LogP contribution in [0.3, 0.4) is 0 Å². The van der Waals surface area contributed by atoms with Crippen LogP contribution in [0.5, 0.6) is 11.5 Å². The van der Waals surface area contributed by atoms with Crippen LogP contribution in [0.15, 0.2) is 23.8 Å². The second kappa shape index (κ2) is 5.35. The number of amides is 1. The zero-order chi connectivity index (χ0) is 19.5. The average Bonchev–Trinajstić information content (AvgIpc) is 3.12. The number of methoxy groups -OCH3 is 2. The number of ether oxygens (including phenoxy) is 3. The molecule has 4 fully saturated rings. The Kier molecular flexibility index (Phi) is 3.08. The van der Waals surface area contributed by atoms with Crippen molar-refractivity contribution < 1.29 is 19.0 Å². The number of benzene rings is 1. The minimum atomic E-state index is -0.00470. The van der Waals surface area contributed by atoms with Crippen LogP contribution >= 0.6 is 0 Å². The Morgan fingerprint density at radius 1 is 1.21 bits per heavy atom. The molecule has 6 aliphatic rings. The fourth-order valence-corrected chi connectivity index (χ4v) is 7.95. The van der Waals surface area contributed by atoms with Gasteiger partial charge in [0.05, 0.1) is 45.1 Å². The van der Waals surface area contributed by atoms with E-state index in [1.807, 2.05) is 6.07 Å². The van der Waals surface area contributed by atoms with Gasteiger partial charge in [0.15, 0.2) is 11.5 Å². The molecule has 7 rings (SSSR count). The molecule has 5 heterocycles. The lowest BCUT2D eigenvalue weighted by molar-refractivity contribution is -0.127. The smallest absolute Gasteiger partial charge is 0.229 e. The highest BCUT2D eigenvalue weighted by Gasteiger charge is 2.73. The molecular formula is C23H26N2O4. The first-order valence-corrected chi connectivity index (χ1v) is 10.8. The third-order valence-electron chi connectivity index (χ3n) is 8.80. The number of hydrogen-bond donors (Lipinski definition) is 0. The van der Waals surface area contributed by atoms with Crippen molar-refractivity contribution in [1.29, 1.82) is 0 Å². The summed E-state index contributed by atoms with van der Waals surface area (Å²) in [5, 5.41) is 0. The van der Waals surface area contributed by atoms with E-state index >= 15 is 0 Å². The van der Waals surface area contributed by atoms with Crippen LogP contribution < -0.4 is 14.4 Å². The quantitative estimate of drug-likeness (QED) is 0.718. The van der Waals surface area contributed by atoms with Gasteiger partial charge >= 0.3 is 0 Å². The number of carbonyl (C=O) groups is 1. The summed E-state index contributed by atoms with van der Waals surface area (Å²) in [7, 11) is 3.36. The summed E-state index contributed by atoms with van der Waals surface area (Å²) >= 11 is 0. The summed E-state index contributed by atoms with van der Waals surface area (Å²) in [5.74, 6) is 3.11. The largest absolute Gasteiger partial charge is 0.493 e. The second-order valence-corrected chi connectivity index (χ2v) is 9.52. The van der Waals surface area contributed by atoms with E-state index in [-0.39, 0.29) is 23.5 Å². The molecule has 0 radical (unpaired) electrons. The molecule has 5 aliphatic heterocycles. The van der Waals surface area contributed by atoms with Gasteiger partial charge in [0.1, 0.15) is 0 Å². The zero-order valence-electron chi connectivity index (χ0n) is 16.9. The zero-order valence-corrected chi connectivity index (χ0v) is 16.9. The average molecular weight is 394 g/mol. The number of hydrogen-bond acceptors (Lipinski definition) is 5. The van der Waals surface area contributed by atoms with Crippen LogP contribution in [0.25, 0.3) is 0 Å². The molecule has 6 heteroatoms. The van der Waals surface area contributed by atoms with E-state index in [1.165, 1.54) is 5.56 Å². The van der Waals surface area contributed by atoms with Crippen molar-refractivity contribution in [3.63, 3.8) is 0 Å². The summed E-state index contributed by atoms with van der Waals surface area (Å²) in [5.41, 5.74) is 3.89. The van der Waals surface area contributed by atoms with Crippen LogP contribution in [0.2, 0.25) is 0 Å². The van der Waals surface area contributed by atoms with Gasteiger partial charge in [-0.15, -0.1) is 0 Å². The predicted octanol–water partition coefficient (Wildman–Crippen LogP) is 1.97. The molecule has 1 aromatic carbocycles. The van der Waals surface area contributed by atoms with Gasteiger partial charge in [-0.2, -0.15) is 0 Å². The molecule has 1 amide bonds. The van der Waals surface area contributed by atoms with Crippen LogP contribution in [0.4, 0.5) is 5.69 Å². The molecule has 6 nitrogen and oxygen atoms in total. The van der Waals surface area contributed by atoms with Crippen molar-refractivity contribution in [3.8, 4) is 11.5 Å². The summed E-state index contributed by atoms with van der Waals surface area (Å²) in [6, 6.07) is 4.41. The molecule has 1 saturated carbocycles. The maximum atomic E-state index is 13.4. The summed E-state index contributed by atoms with van der Waals surface area (Å²) in [6.07, 6.45) is 3.95. The second-order valence-electron chi connectivity index (χ2n) is 9.52. The molecule has 0 aromatic heterocycles. The van der Waals surface area contributed by atoms with E-state index in [4.69, 9.17) is 14.2 Å². The van der Waals surface area contributed by atoms with Gasteiger partial charge in [-0.3, -0.25) is 9.69 Å². The van der Waals surface area contributed by atoms with Crippen molar-refractivity contribution in [2.75, 3.05) is 45.4 Å². The molecule has 0 N–H and O–H groups in total. The van der Waals surface area contributed by atoms with Crippen molar-refractivity contribution >= 4 is 11.6 Å². The molecule has 3 saturated heterocycles. The topological polar surface area (TPSA) is 51.2 Å². The fraction of sp³-hybridized carbons (Fsp3) is 0.609. The Morgan fingerprint density at radius 2 is 2.03 bits per heavy atom. The minimum Gasteiger partial charge on any atom is -0.493 e. The number of rotatable bonds is 2. The number of carbonyl (C=O) groups excluding carboxylic acids is 1. The fourth-order valence-electron chi connectivity index (χ4n) is 7.95. The van der Waals surface area contributed by atoms with Crippen LogP contribution in [-0.2, 0) is 14.9 Å². The number of nitrogens with zero attached hydrogens (tertiary/aromatic N) is 2. The Bertz CT molecular complexity index is 974. The lowest BCUT2D eigenvalue weighted by Gasteiger charge is -2.50. The van der Waals surface area contributed by atoms with Crippen LogP contribution in [-0.4, -0.2) is 63.4 Å². The highest BCUT2D eigenvalue weighted by atomic mass is 16.5. The van der Waals surface area contributed by atoms with Crippen molar-refractivity contribution in [2.24, 2.45) is 17.8 Å². The predicted molar refractivity (Wildman–Crippen MR) is 106 cm³/mol. The van der Waals surface area contributed by atoms with Gasteiger partial charge in [0.2, 0.25) is 5.91 Å². The van der Waals surface area contributed by atoms with Gasteiger partial charge in [-0.1, -0.05) is 11.6 Å². The Hall–Kier alpha value is -2.05. The Labute approximate surface area is 170 Å². The van der Waals surface area contributed by atoms with E-state index in [0.717, 1.165) is 37.5 Å². The molecule has 1 spiro atoms. The van der Waals surface area contributed by atoms with Crippen molar-refractivity contribution in [1.82, 2.24) is 4.90 Å². The third-order valence-corrected chi connectivity index (χ3v) is 8.80. The lowest BCUT2D eigenvalue weighted by Crippen LogP contribution is -2.58. The summed E-state index contributed by atoms with van der Waals surface area (Å²) < 4.78 is 17.6. The molecule has 1 aliphatic carbocycles. The number of piperidine rings is 3. The van der Waals surface area contributed by atoms with Gasteiger partial charge < -0.3 is 19.1 Å².